The van der Waals surface area contributed by atoms with Crippen molar-refractivity contribution in [3.63, 3.8) is 0 Å². The molecule has 0 saturated carbocycles. The van der Waals surface area contributed by atoms with E-state index in [1.807, 2.05) is 47.1 Å². The zero-order valence-corrected chi connectivity index (χ0v) is 15.9. The Kier molecular flexibility index (Phi) is 6.27. The van der Waals surface area contributed by atoms with E-state index in [0.29, 0.717) is 6.54 Å². The van der Waals surface area contributed by atoms with Crippen LogP contribution in [0.15, 0.2) is 17.4 Å². The Bertz CT molecular complexity index is 605. The summed E-state index contributed by atoms with van der Waals surface area (Å²) >= 11 is 0. The van der Waals surface area contributed by atoms with Gasteiger partial charge in [0.05, 0.1) is 18.8 Å². The lowest BCUT2D eigenvalue weighted by atomic mass is 10.2. The largest absolute Gasteiger partial charge is 0.444 e. The average Bonchev–Trinajstić information content (AvgIpc) is 3.10. The number of hydrogen-bond donors (Lipinski definition) is 2. The number of amides is 1. The van der Waals surface area contributed by atoms with E-state index < -0.39 is 5.60 Å². The van der Waals surface area contributed by atoms with Crippen LogP contribution in [0, 0.1) is 0 Å². The van der Waals surface area contributed by atoms with Crippen molar-refractivity contribution < 1.29 is 9.53 Å². The Balaban J connectivity index is 1.90. The van der Waals surface area contributed by atoms with Gasteiger partial charge in [0.1, 0.15) is 5.60 Å². The topological polar surface area (TPSA) is 83.8 Å². The average molecular weight is 350 g/mol. The summed E-state index contributed by atoms with van der Waals surface area (Å²) in [6.45, 7) is 10.6. The van der Waals surface area contributed by atoms with E-state index >= 15 is 0 Å². The van der Waals surface area contributed by atoms with Crippen molar-refractivity contribution >= 4 is 12.1 Å². The summed E-state index contributed by atoms with van der Waals surface area (Å²) in [5.41, 5.74) is 0.586. The Morgan fingerprint density at radius 1 is 1.48 bits per heavy atom. The van der Waals surface area contributed by atoms with Crippen molar-refractivity contribution in [3.05, 3.63) is 18.0 Å². The maximum atomic E-state index is 11.9. The molecule has 1 aromatic rings. The molecular weight excluding hydrogens is 320 g/mol. The molecule has 0 spiro atoms. The number of aryl methyl sites for hydroxylation is 1. The number of carbonyl (C=O) groups excluding carboxylic acids is 1. The molecule has 8 nitrogen and oxygen atoms in total. The number of carbonyl (C=O) groups is 1. The number of aromatic nitrogens is 2. The molecule has 0 radical (unpaired) electrons. The van der Waals surface area contributed by atoms with Gasteiger partial charge in [-0.2, -0.15) is 5.10 Å². The molecule has 0 aromatic carbocycles. The van der Waals surface area contributed by atoms with Crippen molar-refractivity contribution in [2.24, 2.45) is 12.0 Å². The van der Waals surface area contributed by atoms with E-state index in [0.717, 1.165) is 37.6 Å². The molecular formula is C17H30N6O2. The number of hydrogen-bond acceptors (Lipinski definition) is 4. The van der Waals surface area contributed by atoms with Crippen LogP contribution in [0.5, 0.6) is 0 Å². The molecule has 1 atom stereocenters. The number of guanidine groups is 1. The van der Waals surface area contributed by atoms with Gasteiger partial charge < -0.3 is 20.3 Å². The summed E-state index contributed by atoms with van der Waals surface area (Å²) in [5.74, 6) is 0.861. The Hall–Kier alpha value is -2.25. The van der Waals surface area contributed by atoms with Crippen molar-refractivity contribution in [1.29, 1.82) is 0 Å². The fraction of sp³-hybridized carbons (Fsp3) is 0.706. The zero-order valence-electron chi connectivity index (χ0n) is 15.9. The second kappa shape index (κ2) is 8.22. The third-order valence-electron chi connectivity index (χ3n) is 3.71. The first kappa shape index (κ1) is 19.1. The van der Waals surface area contributed by atoms with Crippen LogP contribution in [0.25, 0.3) is 0 Å². The lowest BCUT2D eigenvalue weighted by Gasteiger charge is -2.23. The maximum Gasteiger partial charge on any atom is 0.407 e. The molecule has 140 valence electrons. The van der Waals surface area contributed by atoms with Crippen LogP contribution in [-0.4, -0.2) is 58.0 Å². The second-order valence-corrected chi connectivity index (χ2v) is 7.27. The number of alkyl carbamates (subject to hydrolysis) is 1. The van der Waals surface area contributed by atoms with Crippen molar-refractivity contribution in [1.82, 2.24) is 25.3 Å². The molecule has 2 heterocycles. The van der Waals surface area contributed by atoms with Crippen LogP contribution in [-0.2, 0) is 18.3 Å². The minimum Gasteiger partial charge on any atom is -0.444 e. The second-order valence-electron chi connectivity index (χ2n) is 7.27. The van der Waals surface area contributed by atoms with Gasteiger partial charge in [-0.15, -0.1) is 0 Å². The Morgan fingerprint density at radius 2 is 2.24 bits per heavy atom. The molecule has 1 aliphatic rings. The third-order valence-corrected chi connectivity index (χ3v) is 3.71. The van der Waals surface area contributed by atoms with Crippen LogP contribution in [0.4, 0.5) is 4.79 Å². The lowest BCUT2D eigenvalue weighted by Crippen LogP contribution is -2.44. The van der Waals surface area contributed by atoms with E-state index in [-0.39, 0.29) is 12.1 Å². The molecule has 25 heavy (non-hydrogen) atoms. The molecule has 1 fully saturated rings. The molecule has 1 amide bonds. The van der Waals surface area contributed by atoms with Gasteiger partial charge in [0.25, 0.3) is 0 Å². The molecule has 0 bridgehead atoms. The van der Waals surface area contributed by atoms with Gasteiger partial charge in [0, 0.05) is 38.4 Å². The fourth-order valence-corrected chi connectivity index (χ4v) is 2.69. The van der Waals surface area contributed by atoms with Gasteiger partial charge >= 0.3 is 6.09 Å². The standard InChI is InChI=1S/C17H30N6O2/c1-6-18-15(19-9-13-10-20-22(5)11-13)23-8-7-14(12-23)21-16(24)25-17(2,3)4/h10-11,14H,6-9,12H2,1-5H3,(H,18,19)(H,21,24). The van der Waals surface area contributed by atoms with E-state index in [4.69, 9.17) is 4.74 Å². The first-order valence-corrected chi connectivity index (χ1v) is 8.77. The molecule has 1 aliphatic heterocycles. The highest BCUT2D eigenvalue weighted by molar-refractivity contribution is 5.80. The summed E-state index contributed by atoms with van der Waals surface area (Å²) in [6, 6.07) is 0.0668. The number of rotatable bonds is 4. The number of aliphatic imine (C=N–C) groups is 1. The summed E-state index contributed by atoms with van der Waals surface area (Å²) in [6.07, 6.45) is 4.29. The Morgan fingerprint density at radius 3 is 2.84 bits per heavy atom. The molecule has 1 aromatic heterocycles. The monoisotopic (exact) mass is 350 g/mol. The predicted octanol–water partition coefficient (Wildman–Crippen LogP) is 1.48. The highest BCUT2D eigenvalue weighted by atomic mass is 16.6. The quantitative estimate of drug-likeness (QED) is 0.635. The lowest BCUT2D eigenvalue weighted by molar-refractivity contribution is 0.0507. The Labute approximate surface area is 149 Å². The van der Waals surface area contributed by atoms with E-state index in [2.05, 4.69) is 25.6 Å². The van der Waals surface area contributed by atoms with Gasteiger partial charge in [-0.05, 0) is 34.1 Å². The van der Waals surface area contributed by atoms with Crippen LogP contribution in [0.1, 0.15) is 39.7 Å². The summed E-state index contributed by atoms with van der Waals surface area (Å²) < 4.78 is 7.10. The summed E-state index contributed by atoms with van der Waals surface area (Å²) in [4.78, 5) is 18.8. The van der Waals surface area contributed by atoms with Gasteiger partial charge in [0.15, 0.2) is 5.96 Å². The van der Waals surface area contributed by atoms with Crippen molar-refractivity contribution in [2.75, 3.05) is 19.6 Å². The minimum absolute atomic E-state index is 0.0668. The molecule has 1 saturated heterocycles. The number of nitrogens with one attached hydrogen (secondary N) is 2. The highest BCUT2D eigenvalue weighted by Crippen LogP contribution is 2.12. The highest BCUT2D eigenvalue weighted by Gasteiger charge is 2.27. The van der Waals surface area contributed by atoms with Gasteiger partial charge in [-0.25, -0.2) is 9.79 Å². The van der Waals surface area contributed by atoms with Crippen LogP contribution in [0.3, 0.4) is 0 Å². The molecule has 1 unspecified atom stereocenters. The van der Waals surface area contributed by atoms with Crippen LogP contribution in [0.2, 0.25) is 0 Å². The molecule has 2 rings (SSSR count). The maximum absolute atomic E-state index is 11.9. The summed E-state index contributed by atoms with van der Waals surface area (Å²) in [7, 11) is 1.89. The fourth-order valence-electron chi connectivity index (χ4n) is 2.69. The molecule has 0 aliphatic carbocycles. The number of ether oxygens (including phenoxy) is 1. The molecule has 2 N–H and O–H groups in total. The molecule has 8 heteroatoms. The van der Waals surface area contributed by atoms with E-state index in [1.165, 1.54) is 0 Å². The smallest absolute Gasteiger partial charge is 0.407 e. The minimum atomic E-state index is -0.484. The van der Waals surface area contributed by atoms with Crippen LogP contribution < -0.4 is 10.6 Å². The SMILES string of the molecule is CCNC(=NCc1cnn(C)c1)N1CCC(NC(=O)OC(C)(C)C)C1. The zero-order chi connectivity index (χ0) is 18.4. The first-order chi connectivity index (χ1) is 11.8. The predicted molar refractivity (Wildman–Crippen MR) is 97.4 cm³/mol. The third kappa shape index (κ3) is 6.28. The van der Waals surface area contributed by atoms with E-state index in [9.17, 15) is 4.79 Å². The van der Waals surface area contributed by atoms with E-state index in [1.54, 1.807) is 4.68 Å². The van der Waals surface area contributed by atoms with Crippen molar-refractivity contribution in [2.45, 2.75) is 52.3 Å². The number of nitrogens with zero attached hydrogens (tertiary/aromatic N) is 4. The van der Waals surface area contributed by atoms with Gasteiger partial charge in [-0.3, -0.25) is 4.68 Å². The number of likely N-dealkylation sites (tertiary alicyclic amines) is 1. The van der Waals surface area contributed by atoms with Gasteiger partial charge in [0.2, 0.25) is 0 Å². The van der Waals surface area contributed by atoms with Crippen LogP contribution >= 0.6 is 0 Å². The first-order valence-electron chi connectivity index (χ1n) is 8.77. The van der Waals surface area contributed by atoms with Gasteiger partial charge in [-0.1, -0.05) is 0 Å². The van der Waals surface area contributed by atoms with Crippen molar-refractivity contribution in [3.8, 4) is 0 Å². The normalized spacial score (nSPS) is 18.4. The summed E-state index contributed by atoms with van der Waals surface area (Å²) in [5, 5.41) is 10.4.